The maximum absolute atomic E-state index is 11.2. The van der Waals surface area contributed by atoms with Crippen LogP contribution in [0.15, 0.2) is 18.2 Å². The van der Waals surface area contributed by atoms with Crippen molar-refractivity contribution in [2.45, 2.75) is 71.7 Å². The number of hydrogen-bond acceptors (Lipinski definition) is 2. The largest absolute Gasteiger partial charge is 0.385 e. The standard InChI is InChI=1S/C18H28O2/c1-12-8-13(2)10-14(9-12)18(7,19)15-11-16(3,4)20-17(15,5)6/h8-10,15,19H,11H2,1-7H3. The highest BCUT2D eigenvalue weighted by molar-refractivity contribution is 5.33. The smallest absolute Gasteiger partial charge is 0.0925 e. The minimum absolute atomic E-state index is 0.0752. The molecule has 0 aromatic heterocycles. The Balaban J connectivity index is 2.44. The third-order valence-corrected chi connectivity index (χ3v) is 4.56. The Hall–Kier alpha value is -0.860. The number of aryl methyl sites for hydroxylation is 2. The molecule has 1 aliphatic heterocycles. The summed E-state index contributed by atoms with van der Waals surface area (Å²) in [5.41, 5.74) is 1.98. The van der Waals surface area contributed by atoms with Gasteiger partial charge in [0.15, 0.2) is 0 Å². The molecule has 20 heavy (non-hydrogen) atoms. The van der Waals surface area contributed by atoms with Crippen molar-refractivity contribution in [1.82, 2.24) is 0 Å². The molecule has 2 heteroatoms. The van der Waals surface area contributed by atoms with E-state index in [1.807, 2.05) is 6.92 Å². The van der Waals surface area contributed by atoms with Gasteiger partial charge in [-0.25, -0.2) is 0 Å². The fraction of sp³-hybridized carbons (Fsp3) is 0.667. The average Bonchev–Trinajstić information content (AvgIpc) is 2.45. The number of hydrogen-bond donors (Lipinski definition) is 1. The van der Waals surface area contributed by atoms with Crippen LogP contribution in [-0.4, -0.2) is 16.3 Å². The first-order chi connectivity index (χ1) is 8.94. The van der Waals surface area contributed by atoms with Gasteiger partial charge in [0.1, 0.15) is 0 Å². The van der Waals surface area contributed by atoms with Gasteiger partial charge in [-0.2, -0.15) is 0 Å². The van der Waals surface area contributed by atoms with E-state index in [0.29, 0.717) is 0 Å². The highest BCUT2D eigenvalue weighted by Gasteiger charge is 2.53. The Bertz CT molecular complexity index is 492. The third-order valence-electron chi connectivity index (χ3n) is 4.56. The molecule has 0 saturated carbocycles. The lowest BCUT2D eigenvalue weighted by atomic mass is 9.72. The van der Waals surface area contributed by atoms with Crippen molar-refractivity contribution in [2.75, 3.05) is 0 Å². The van der Waals surface area contributed by atoms with Crippen molar-refractivity contribution in [3.63, 3.8) is 0 Å². The predicted molar refractivity (Wildman–Crippen MR) is 82.8 cm³/mol. The lowest BCUT2D eigenvalue weighted by Crippen LogP contribution is -2.42. The van der Waals surface area contributed by atoms with E-state index < -0.39 is 5.60 Å². The van der Waals surface area contributed by atoms with E-state index in [9.17, 15) is 5.11 Å². The van der Waals surface area contributed by atoms with Gasteiger partial charge in [0.05, 0.1) is 16.8 Å². The Morgan fingerprint density at radius 3 is 2.00 bits per heavy atom. The molecule has 2 nitrogen and oxygen atoms in total. The van der Waals surface area contributed by atoms with E-state index >= 15 is 0 Å². The second kappa shape index (κ2) is 4.57. The molecule has 1 aromatic rings. The van der Waals surface area contributed by atoms with Gasteiger partial charge in [-0.05, 0) is 60.5 Å². The van der Waals surface area contributed by atoms with Crippen LogP contribution in [0.2, 0.25) is 0 Å². The van der Waals surface area contributed by atoms with Crippen LogP contribution in [0.25, 0.3) is 0 Å². The van der Waals surface area contributed by atoms with Crippen LogP contribution >= 0.6 is 0 Å². The highest BCUT2D eigenvalue weighted by Crippen LogP contribution is 2.50. The van der Waals surface area contributed by atoms with Crippen molar-refractivity contribution < 1.29 is 9.84 Å². The summed E-state index contributed by atoms with van der Waals surface area (Å²) in [5.74, 6) is 0.0752. The van der Waals surface area contributed by atoms with Gasteiger partial charge in [0.25, 0.3) is 0 Å². The zero-order valence-corrected chi connectivity index (χ0v) is 13.9. The van der Waals surface area contributed by atoms with Gasteiger partial charge in [-0.1, -0.05) is 29.3 Å². The van der Waals surface area contributed by atoms with E-state index in [0.717, 1.165) is 12.0 Å². The van der Waals surface area contributed by atoms with Gasteiger partial charge < -0.3 is 9.84 Å². The molecule has 2 unspecified atom stereocenters. The van der Waals surface area contributed by atoms with E-state index in [-0.39, 0.29) is 17.1 Å². The fourth-order valence-electron chi connectivity index (χ4n) is 3.91. The van der Waals surface area contributed by atoms with Gasteiger partial charge in [0, 0.05) is 5.92 Å². The maximum atomic E-state index is 11.2. The van der Waals surface area contributed by atoms with E-state index in [1.54, 1.807) is 0 Å². The minimum Gasteiger partial charge on any atom is -0.385 e. The SMILES string of the molecule is Cc1cc(C)cc(C(C)(O)C2CC(C)(C)OC2(C)C)c1. The highest BCUT2D eigenvalue weighted by atomic mass is 16.5. The maximum Gasteiger partial charge on any atom is 0.0925 e. The van der Waals surface area contributed by atoms with Crippen LogP contribution in [0.5, 0.6) is 0 Å². The Morgan fingerprint density at radius 2 is 1.60 bits per heavy atom. The Morgan fingerprint density at radius 1 is 1.10 bits per heavy atom. The van der Waals surface area contributed by atoms with Crippen LogP contribution in [0.3, 0.4) is 0 Å². The molecule has 0 amide bonds. The molecule has 0 spiro atoms. The summed E-state index contributed by atoms with van der Waals surface area (Å²) >= 11 is 0. The third kappa shape index (κ3) is 2.77. The summed E-state index contributed by atoms with van der Waals surface area (Å²) in [6, 6.07) is 6.32. The number of ether oxygens (including phenoxy) is 1. The first-order valence-corrected chi connectivity index (χ1v) is 7.45. The molecule has 0 bridgehead atoms. The fourth-order valence-corrected chi connectivity index (χ4v) is 3.91. The van der Waals surface area contributed by atoms with Gasteiger partial charge in [-0.3, -0.25) is 0 Å². The quantitative estimate of drug-likeness (QED) is 0.881. The zero-order valence-electron chi connectivity index (χ0n) is 13.9. The van der Waals surface area contributed by atoms with Crippen molar-refractivity contribution in [2.24, 2.45) is 5.92 Å². The molecule has 0 radical (unpaired) electrons. The molecular formula is C18H28O2. The summed E-state index contributed by atoms with van der Waals surface area (Å²) in [6.07, 6.45) is 0.861. The molecule has 2 rings (SSSR count). The number of aliphatic hydroxyl groups is 1. The summed E-state index contributed by atoms with van der Waals surface area (Å²) in [4.78, 5) is 0. The first kappa shape index (κ1) is 15.5. The summed E-state index contributed by atoms with van der Waals surface area (Å²) in [6.45, 7) is 14.5. The monoisotopic (exact) mass is 276 g/mol. The normalized spacial score (nSPS) is 27.3. The van der Waals surface area contributed by atoms with E-state index in [2.05, 4.69) is 59.7 Å². The van der Waals surface area contributed by atoms with Crippen molar-refractivity contribution in [1.29, 1.82) is 0 Å². The molecule has 1 aliphatic rings. The van der Waals surface area contributed by atoms with Crippen LogP contribution in [-0.2, 0) is 10.3 Å². The van der Waals surface area contributed by atoms with Crippen molar-refractivity contribution >= 4 is 0 Å². The Labute approximate surface area is 123 Å². The van der Waals surface area contributed by atoms with Crippen molar-refractivity contribution in [3.8, 4) is 0 Å². The predicted octanol–water partition coefficient (Wildman–Crippen LogP) is 4.10. The topological polar surface area (TPSA) is 29.5 Å². The zero-order chi connectivity index (χ0) is 15.3. The average molecular weight is 276 g/mol. The van der Waals surface area contributed by atoms with Crippen LogP contribution < -0.4 is 0 Å². The lowest BCUT2D eigenvalue weighted by molar-refractivity contribution is -0.111. The summed E-state index contributed by atoms with van der Waals surface area (Å²) < 4.78 is 6.16. The number of benzene rings is 1. The lowest BCUT2D eigenvalue weighted by Gasteiger charge is -2.38. The van der Waals surface area contributed by atoms with E-state index in [1.165, 1.54) is 11.1 Å². The molecular weight excluding hydrogens is 248 g/mol. The second-order valence-electron chi connectivity index (χ2n) is 7.75. The van der Waals surface area contributed by atoms with E-state index in [4.69, 9.17) is 4.74 Å². The molecule has 1 heterocycles. The van der Waals surface area contributed by atoms with Crippen LogP contribution in [0, 0.1) is 19.8 Å². The summed E-state index contributed by atoms with van der Waals surface area (Å²) in [7, 11) is 0. The molecule has 1 fully saturated rings. The minimum atomic E-state index is -0.881. The van der Waals surface area contributed by atoms with Crippen LogP contribution in [0.1, 0.15) is 57.7 Å². The Kier molecular flexibility index (Phi) is 3.55. The first-order valence-electron chi connectivity index (χ1n) is 7.45. The molecule has 1 aromatic carbocycles. The second-order valence-corrected chi connectivity index (χ2v) is 7.75. The van der Waals surface area contributed by atoms with Gasteiger partial charge >= 0.3 is 0 Å². The van der Waals surface area contributed by atoms with Gasteiger partial charge in [0.2, 0.25) is 0 Å². The van der Waals surface area contributed by atoms with Crippen molar-refractivity contribution in [3.05, 3.63) is 34.9 Å². The molecule has 0 aliphatic carbocycles. The molecule has 112 valence electrons. The van der Waals surface area contributed by atoms with Gasteiger partial charge in [-0.15, -0.1) is 0 Å². The molecule has 2 atom stereocenters. The molecule has 1 N–H and O–H groups in total. The number of rotatable bonds is 2. The molecule has 1 saturated heterocycles. The summed E-state index contributed by atoms with van der Waals surface area (Å²) in [5, 5.41) is 11.2. The van der Waals surface area contributed by atoms with Crippen LogP contribution in [0.4, 0.5) is 0 Å².